The monoisotopic (exact) mass is 163 g/mol. The van der Waals surface area contributed by atoms with Crippen LogP contribution in [0.2, 0.25) is 0 Å². The van der Waals surface area contributed by atoms with E-state index in [1.165, 1.54) is 0 Å². The average molecular weight is 163 g/mol. The lowest BCUT2D eigenvalue weighted by molar-refractivity contribution is 0.174. The summed E-state index contributed by atoms with van der Waals surface area (Å²) in [6, 6.07) is 0. The Hall–Kier alpha value is -0.420. The Kier molecular flexibility index (Phi) is 2.05. The molecule has 0 saturated heterocycles. The molecule has 58 valence electrons. The summed E-state index contributed by atoms with van der Waals surface area (Å²) < 4.78 is 28.5. The van der Waals surface area contributed by atoms with Crippen LogP contribution in [-0.4, -0.2) is 27.7 Å². The van der Waals surface area contributed by atoms with Crippen LogP contribution in [0.5, 0.6) is 0 Å². The topological polar surface area (TPSA) is 55.7 Å². The summed E-state index contributed by atoms with van der Waals surface area (Å²) in [7, 11) is -0.734. The van der Waals surface area contributed by atoms with E-state index in [4.69, 9.17) is 4.74 Å². The molecule has 0 aliphatic heterocycles. The number of nitrogens with zero attached hydrogens (tertiary/aromatic N) is 1. The van der Waals surface area contributed by atoms with Crippen LogP contribution in [0.3, 0.4) is 0 Å². The van der Waals surface area contributed by atoms with Gasteiger partial charge in [-0.2, -0.15) is 12.8 Å². The molecule has 0 radical (unpaired) electrons. The molecule has 1 fully saturated rings. The van der Waals surface area contributed by atoms with Gasteiger partial charge in [-0.25, -0.2) is 0 Å². The summed E-state index contributed by atoms with van der Waals surface area (Å²) in [5.74, 6) is 0. The fourth-order valence-electron chi connectivity index (χ4n) is 0.833. The number of hydrogen-bond acceptors (Lipinski definition) is 4. The lowest BCUT2D eigenvalue weighted by Crippen LogP contribution is -2.12. The first kappa shape index (κ1) is 7.68. The predicted octanol–water partition coefficient (Wildman–Crippen LogP) is 0.228. The van der Waals surface area contributed by atoms with Crippen LogP contribution in [0.15, 0.2) is 4.36 Å². The summed E-state index contributed by atoms with van der Waals surface area (Å²) in [5, 5.41) is 0. The van der Waals surface area contributed by atoms with E-state index in [-0.39, 0.29) is 5.54 Å². The van der Waals surface area contributed by atoms with Gasteiger partial charge in [0, 0.05) is 7.11 Å². The van der Waals surface area contributed by atoms with E-state index in [1.54, 1.807) is 7.11 Å². The summed E-state index contributed by atoms with van der Waals surface area (Å²) >= 11 is 0. The van der Waals surface area contributed by atoms with Crippen LogP contribution in [0, 0.1) is 0 Å². The second kappa shape index (κ2) is 2.67. The molecule has 1 saturated carbocycles. The third kappa shape index (κ3) is 1.78. The summed E-state index contributed by atoms with van der Waals surface area (Å²) in [5.41, 5.74) is -0.388. The largest absolute Gasteiger partial charge is 0.382 e. The molecule has 10 heavy (non-hydrogen) atoms. The molecule has 0 unspecified atom stereocenters. The third-order valence-electron chi connectivity index (χ3n) is 1.51. The highest BCUT2D eigenvalue weighted by molar-refractivity contribution is 7.61. The Morgan fingerprint density at radius 1 is 1.60 bits per heavy atom. The van der Waals surface area contributed by atoms with E-state index in [0.717, 1.165) is 12.8 Å². The maximum Gasteiger partial charge on any atom is 0.311 e. The van der Waals surface area contributed by atoms with Crippen LogP contribution in [-0.2, 0) is 15.2 Å². The van der Waals surface area contributed by atoms with Gasteiger partial charge in [-0.15, -0.1) is 0 Å². The molecule has 0 N–H and O–H groups in total. The molecule has 1 rings (SSSR count). The molecule has 0 bridgehead atoms. The summed E-state index contributed by atoms with van der Waals surface area (Å²) in [6.07, 6.45) is 1.66. The zero-order valence-electron chi connectivity index (χ0n) is 5.70. The van der Waals surface area contributed by atoms with Gasteiger partial charge in [0.25, 0.3) is 0 Å². The van der Waals surface area contributed by atoms with Crippen molar-refractivity contribution in [2.45, 2.75) is 18.4 Å². The van der Waals surface area contributed by atoms with Crippen molar-refractivity contribution in [3.8, 4) is 0 Å². The number of ether oxygens (including phenoxy) is 1. The van der Waals surface area contributed by atoms with Gasteiger partial charge in [-0.05, 0) is 12.8 Å². The smallest absolute Gasteiger partial charge is 0.311 e. The zero-order chi connectivity index (χ0) is 7.61. The highest BCUT2D eigenvalue weighted by Gasteiger charge is 2.43. The van der Waals surface area contributed by atoms with Crippen molar-refractivity contribution in [1.82, 2.24) is 0 Å². The number of rotatable bonds is 3. The van der Waals surface area contributed by atoms with E-state index in [1.807, 2.05) is 0 Å². The van der Waals surface area contributed by atoms with Crippen molar-refractivity contribution >= 4 is 10.5 Å². The Balaban J connectivity index is 2.62. The molecule has 0 spiro atoms. The Labute approximate surface area is 60.9 Å². The fraction of sp³-hybridized carbons (Fsp3) is 1.00. The molecule has 1 aliphatic rings. The first-order valence-electron chi connectivity index (χ1n) is 3.00. The Morgan fingerprint density at radius 3 is 2.50 bits per heavy atom. The van der Waals surface area contributed by atoms with Crippen molar-refractivity contribution < 1.29 is 13.2 Å². The number of methoxy groups -OCH3 is 1. The van der Waals surface area contributed by atoms with Crippen LogP contribution in [0.1, 0.15) is 12.8 Å². The molecule has 0 amide bonds. The lowest BCUT2D eigenvalue weighted by Gasteiger charge is -2.02. The first-order valence-corrected chi connectivity index (χ1v) is 4.03. The summed E-state index contributed by atoms with van der Waals surface area (Å²) in [4.78, 5) is 0. The molecule has 0 aromatic heterocycles. The standard InChI is InChI=1S/C5H9NO3S/c1-9-4-5(2-3-5)6-10(7)8/h2-4H2,1H3. The second-order valence-electron chi connectivity index (χ2n) is 2.47. The molecule has 5 heteroatoms. The lowest BCUT2D eigenvalue weighted by atomic mass is 10.3. The maximum absolute atomic E-state index is 10.1. The van der Waals surface area contributed by atoms with Gasteiger partial charge in [0.2, 0.25) is 0 Å². The van der Waals surface area contributed by atoms with E-state index in [2.05, 4.69) is 4.36 Å². The van der Waals surface area contributed by atoms with Gasteiger partial charge in [-0.3, -0.25) is 0 Å². The molecule has 0 atom stereocenters. The number of hydrogen-bond donors (Lipinski definition) is 0. The second-order valence-corrected chi connectivity index (χ2v) is 3.08. The molecule has 4 nitrogen and oxygen atoms in total. The van der Waals surface area contributed by atoms with Crippen molar-refractivity contribution in [3.05, 3.63) is 0 Å². The van der Waals surface area contributed by atoms with Crippen LogP contribution < -0.4 is 0 Å². The van der Waals surface area contributed by atoms with E-state index in [9.17, 15) is 8.42 Å². The van der Waals surface area contributed by atoms with E-state index < -0.39 is 10.5 Å². The van der Waals surface area contributed by atoms with Gasteiger partial charge in [0.05, 0.1) is 6.61 Å². The van der Waals surface area contributed by atoms with Crippen molar-refractivity contribution in [2.75, 3.05) is 13.7 Å². The highest BCUT2D eigenvalue weighted by atomic mass is 32.2. The molecular formula is C5H9NO3S. The molecular weight excluding hydrogens is 154 g/mol. The van der Waals surface area contributed by atoms with Gasteiger partial charge in [-0.1, -0.05) is 0 Å². The van der Waals surface area contributed by atoms with Crippen LogP contribution in [0.25, 0.3) is 0 Å². The fourth-order valence-corrected chi connectivity index (χ4v) is 1.38. The molecule has 1 aliphatic carbocycles. The van der Waals surface area contributed by atoms with Crippen molar-refractivity contribution in [1.29, 1.82) is 0 Å². The van der Waals surface area contributed by atoms with Crippen LogP contribution >= 0.6 is 0 Å². The minimum Gasteiger partial charge on any atom is -0.382 e. The van der Waals surface area contributed by atoms with Gasteiger partial charge in [0.1, 0.15) is 5.54 Å². The minimum atomic E-state index is -2.28. The normalized spacial score (nSPS) is 20.1. The van der Waals surface area contributed by atoms with Crippen molar-refractivity contribution in [3.63, 3.8) is 0 Å². The van der Waals surface area contributed by atoms with Gasteiger partial charge < -0.3 is 4.74 Å². The van der Waals surface area contributed by atoms with Crippen LogP contribution in [0.4, 0.5) is 0 Å². The molecule has 0 heterocycles. The minimum absolute atomic E-state index is 0.388. The molecule has 0 aromatic carbocycles. The zero-order valence-corrected chi connectivity index (χ0v) is 6.52. The van der Waals surface area contributed by atoms with Crippen molar-refractivity contribution in [2.24, 2.45) is 4.36 Å². The predicted molar refractivity (Wildman–Crippen MR) is 35.2 cm³/mol. The van der Waals surface area contributed by atoms with Gasteiger partial charge in [0.15, 0.2) is 0 Å². The Bertz CT molecular complexity index is 232. The Morgan fingerprint density at radius 2 is 2.20 bits per heavy atom. The SMILES string of the molecule is COCC1(N=S(=O)=O)CC1. The maximum atomic E-state index is 10.1. The van der Waals surface area contributed by atoms with E-state index >= 15 is 0 Å². The first-order chi connectivity index (χ1) is 4.68. The third-order valence-corrected chi connectivity index (χ3v) is 2.04. The quantitative estimate of drug-likeness (QED) is 0.598. The van der Waals surface area contributed by atoms with E-state index in [0.29, 0.717) is 6.61 Å². The highest BCUT2D eigenvalue weighted by Crippen LogP contribution is 2.39. The molecule has 0 aromatic rings. The summed E-state index contributed by atoms with van der Waals surface area (Å²) in [6.45, 7) is 0.418. The van der Waals surface area contributed by atoms with Gasteiger partial charge >= 0.3 is 10.5 Å². The average Bonchev–Trinajstić information content (AvgIpc) is 2.47.